The minimum absolute atomic E-state index is 0. The van der Waals surface area contributed by atoms with Gasteiger partial charge in [-0.1, -0.05) is 41.9 Å². The van der Waals surface area contributed by atoms with E-state index < -0.39 is 0 Å². The second kappa shape index (κ2) is 12.4. The van der Waals surface area contributed by atoms with Crippen molar-refractivity contribution in [1.82, 2.24) is 30.4 Å². The Balaban J connectivity index is 0.00000300. The molecule has 7 nitrogen and oxygen atoms in total. The summed E-state index contributed by atoms with van der Waals surface area (Å²) in [6.45, 7) is 4.93. The average Bonchev–Trinajstić information content (AvgIpc) is 3.21. The number of aliphatic imine (C=N–C) groups is 1. The Bertz CT molecular complexity index is 882. The Morgan fingerprint density at radius 1 is 1.14 bits per heavy atom. The topological polar surface area (TPSA) is 80.0 Å². The number of pyridine rings is 1. The molecule has 0 amide bonds. The number of hydrogen-bond donors (Lipinski definition) is 2. The predicted molar refractivity (Wildman–Crippen MR) is 127 cm³/mol. The second-order valence-electron chi connectivity index (χ2n) is 6.27. The number of nitrogens with one attached hydrogen (secondary N) is 2. The van der Waals surface area contributed by atoms with Gasteiger partial charge in [0.2, 0.25) is 0 Å². The van der Waals surface area contributed by atoms with Gasteiger partial charge in [0, 0.05) is 19.3 Å². The van der Waals surface area contributed by atoms with Crippen LogP contribution < -0.4 is 10.6 Å². The van der Waals surface area contributed by atoms with Crippen molar-refractivity contribution >= 4 is 41.5 Å². The first kappa shape index (κ1) is 23.1. The third-order valence-corrected chi connectivity index (χ3v) is 4.28. The molecule has 3 aromatic rings. The number of guanidine groups is 1. The highest BCUT2D eigenvalue weighted by Gasteiger charge is 2.01. The van der Waals surface area contributed by atoms with Gasteiger partial charge in [-0.15, -0.1) is 24.0 Å². The van der Waals surface area contributed by atoms with Crippen molar-refractivity contribution in [3.63, 3.8) is 0 Å². The van der Waals surface area contributed by atoms with Crippen molar-refractivity contribution in [2.24, 2.45) is 4.99 Å². The van der Waals surface area contributed by atoms with E-state index in [-0.39, 0.29) is 24.0 Å². The molecule has 0 aliphatic heterocycles. The zero-order chi connectivity index (χ0) is 19.6. The molecule has 0 unspecified atom stereocenters. The maximum atomic E-state index is 5.82. The van der Waals surface area contributed by atoms with Crippen LogP contribution in [0.1, 0.15) is 23.6 Å². The van der Waals surface area contributed by atoms with Crippen LogP contribution in [-0.4, -0.2) is 38.8 Å². The van der Waals surface area contributed by atoms with Crippen molar-refractivity contribution in [2.75, 3.05) is 13.1 Å². The van der Waals surface area contributed by atoms with Crippen molar-refractivity contribution in [2.45, 2.75) is 26.4 Å². The number of halogens is 2. The first-order chi connectivity index (χ1) is 13.7. The molecule has 0 aliphatic carbocycles. The lowest BCUT2D eigenvalue weighted by atomic mass is 10.1. The van der Waals surface area contributed by atoms with Crippen molar-refractivity contribution in [3.8, 4) is 0 Å². The van der Waals surface area contributed by atoms with Crippen LogP contribution in [0.4, 0.5) is 0 Å². The SMILES string of the molecule is CCNC(=NCc1cccc(Cn2cncn2)c1)NCCc1ccc(Cl)nc1.I. The summed E-state index contributed by atoms with van der Waals surface area (Å²) in [6.07, 6.45) is 5.91. The first-order valence-corrected chi connectivity index (χ1v) is 9.63. The lowest BCUT2D eigenvalue weighted by molar-refractivity contribution is 0.684. The normalized spacial score (nSPS) is 11.0. The largest absolute Gasteiger partial charge is 0.357 e. The number of aromatic nitrogens is 4. The van der Waals surface area contributed by atoms with Crippen LogP contribution in [0.15, 0.2) is 60.2 Å². The van der Waals surface area contributed by atoms with E-state index in [4.69, 9.17) is 16.6 Å². The summed E-state index contributed by atoms with van der Waals surface area (Å²) in [5, 5.41) is 11.3. The van der Waals surface area contributed by atoms with Crippen LogP contribution in [0.5, 0.6) is 0 Å². The highest BCUT2D eigenvalue weighted by molar-refractivity contribution is 14.0. The standard InChI is InChI=1S/C20H24ClN7.HI/c1-2-23-20(24-9-8-16-6-7-19(21)25-11-16)26-12-17-4-3-5-18(10-17)13-28-15-22-14-27-28;/h3-7,10-11,14-15H,2,8-9,12-13H2,1H3,(H2,23,24,26);1H. The maximum absolute atomic E-state index is 5.82. The molecule has 0 aliphatic rings. The average molecular weight is 526 g/mol. The monoisotopic (exact) mass is 525 g/mol. The van der Waals surface area contributed by atoms with E-state index >= 15 is 0 Å². The van der Waals surface area contributed by atoms with Crippen LogP contribution in [0, 0.1) is 0 Å². The van der Waals surface area contributed by atoms with Crippen LogP contribution >= 0.6 is 35.6 Å². The molecule has 2 N–H and O–H groups in total. The van der Waals surface area contributed by atoms with E-state index in [0.717, 1.165) is 36.6 Å². The summed E-state index contributed by atoms with van der Waals surface area (Å²) in [5.74, 6) is 0.797. The van der Waals surface area contributed by atoms with E-state index in [2.05, 4.69) is 50.8 Å². The van der Waals surface area contributed by atoms with Crippen LogP contribution in [0.2, 0.25) is 5.15 Å². The Morgan fingerprint density at radius 3 is 2.72 bits per heavy atom. The molecular weight excluding hydrogens is 501 g/mol. The van der Waals surface area contributed by atoms with Gasteiger partial charge in [-0.05, 0) is 36.1 Å². The molecule has 0 saturated carbocycles. The third kappa shape index (κ3) is 7.98. The molecule has 29 heavy (non-hydrogen) atoms. The zero-order valence-corrected chi connectivity index (χ0v) is 19.3. The van der Waals surface area contributed by atoms with Crippen molar-refractivity contribution in [1.29, 1.82) is 0 Å². The number of hydrogen-bond acceptors (Lipinski definition) is 4. The smallest absolute Gasteiger partial charge is 0.191 e. The Labute approximate surface area is 193 Å². The summed E-state index contributed by atoms with van der Waals surface area (Å²) in [4.78, 5) is 12.8. The van der Waals surface area contributed by atoms with Crippen molar-refractivity contribution in [3.05, 3.63) is 77.1 Å². The Morgan fingerprint density at radius 2 is 2.00 bits per heavy atom. The molecule has 1 aromatic carbocycles. The third-order valence-electron chi connectivity index (χ3n) is 4.06. The van der Waals surface area contributed by atoms with E-state index in [0.29, 0.717) is 18.2 Å². The molecule has 0 radical (unpaired) electrons. The van der Waals surface area contributed by atoms with Crippen LogP contribution in [-0.2, 0) is 19.5 Å². The van der Waals surface area contributed by atoms with Crippen molar-refractivity contribution < 1.29 is 0 Å². The van der Waals surface area contributed by atoms with E-state index in [1.807, 2.05) is 18.2 Å². The van der Waals surface area contributed by atoms with Gasteiger partial charge >= 0.3 is 0 Å². The summed E-state index contributed by atoms with van der Waals surface area (Å²) < 4.78 is 1.81. The molecule has 9 heteroatoms. The predicted octanol–water partition coefficient (Wildman–Crippen LogP) is 3.29. The molecule has 0 bridgehead atoms. The van der Waals surface area contributed by atoms with Gasteiger partial charge in [0.25, 0.3) is 0 Å². The first-order valence-electron chi connectivity index (χ1n) is 9.26. The van der Waals surface area contributed by atoms with Gasteiger partial charge in [-0.2, -0.15) is 5.10 Å². The highest BCUT2D eigenvalue weighted by Crippen LogP contribution is 2.08. The Kier molecular flexibility index (Phi) is 9.85. The minimum Gasteiger partial charge on any atom is -0.357 e. The fourth-order valence-corrected chi connectivity index (χ4v) is 2.83. The van der Waals surface area contributed by atoms with Gasteiger partial charge in [0.1, 0.15) is 17.8 Å². The molecular formula is C20H25ClIN7. The molecule has 154 valence electrons. The molecule has 2 heterocycles. The Hall–Kier alpha value is -2.20. The highest BCUT2D eigenvalue weighted by atomic mass is 127. The number of benzene rings is 1. The summed E-state index contributed by atoms with van der Waals surface area (Å²) in [7, 11) is 0. The zero-order valence-electron chi connectivity index (χ0n) is 16.3. The van der Waals surface area contributed by atoms with E-state index in [9.17, 15) is 0 Å². The fourth-order valence-electron chi connectivity index (χ4n) is 2.72. The van der Waals surface area contributed by atoms with Crippen LogP contribution in [0.3, 0.4) is 0 Å². The second-order valence-corrected chi connectivity index (χ2v) is 6.66. The van der Waals surface area contributed by atoms with Gasteiger partial charge in [-0.3, -0.25) is 0 Å². The summed E-state index contributed by atoms with van der Waals surface area (Å²) in [6, 6.07) is 12.2. The van der Waals surface area contributed by atoms with Gasteiger partial charge in [0.15, 0.2) is 5.96 Å². The molecule has 0 saturated heterocycles. The van der Waals surface area contributed by atoms with E-state index in [1.54, 1.807) is 23.5 Å². The van der Waals surface area contributed by atoms with Gasteiger partial charge in [-0.25, -0.2) is 19.6 Å². The van der Waals surface area contributed by atoms with Crippen LogP contribution in [0.25, 0.3) is 0 Å². The summed E-state index contributed by atoms with van der Waals surface area (Å²) >= 11 is 5.82. The number of nitrogens with zero attached hydrogens (tertiary/aromatic N) is 5. The molecule has 0 spiro atoms. The maximum Gasteiger partial charge on any atom is 0.191 e. The van der Waals surface area contributed by atoms with E-state index in [1.165, 1.54) is 5.56 Å². The summed E-state index contributed by atoms with van der Waals surface area (Å²) in [5.41, 5.74) is 3.46. The number of rotatable bonds is 8. The van der Waals surface area contributed by atoms with Gasteiger partial charge in [0.05, 0.1) is 13.1 Å². The molecule has 0 fully saturated rings. The molecule has 0 atom stereocenters. The molecule has 2 aromatic heterocycles. The van der Waals surface area contributed by atoms with Gasteiger partial charge < -0.3 is 10.6 Å². The quantitative estimate of drug-likeness (QED) is 0.204. The minimum atomic E-state index is 0. The molecule has 3 rings (SSSR count). The lowest BCUT2D eigenvalue weighted by Gasteiger charge is -2.11. The fraction of sp³-hybridized carbons (Fsp3) is 0.300. The lowest BCUT2D eigenvalue weighted by Crippen LogP contribution is -2.38.